The number of hydrogen-bond acceptors (Lipinski definition) is 1. The van der Waals surface area contributed by atoms with Gasteiger partial charge in [-0.2, -0.15) is 13.2 Å². The molecular weight excluding hydrogens is 215 g/mol. The van der Waals surface area contributed by atoms with Gasteiger partial charge in [-0.3, -0.25) is 0 Å². The van der Waals surface area contributed by atoms with Gasteiger partial charge < -0.3 is 5.32 Å². The standard InChI is InChI=1S/C12H14F3N/c1-8-6-11(16-7-8)9-4-2-3-5-10(9)12(13,14)15/h2-5,8,11,16H,6-7H2,1H3/t8-,11+/m1/s1. The molecule has 0 amide bonds. The van der Waals surface area contributed by atoms with Gasteiger partial charge in [0.15, 0.2) is 0 Å². The van der Waals surface area contributed by atoms with E-state index in [2.05, 4.69) is 5.32 Å². The molecule has 1 saturated heterocycles. The molecule has 1 fully saturated rings. The summed E-state index contributed by atoms with van der Waals surface area (Å²) in [7, 11) is 0. The Labute approximate surface area is 92.7 Å². The Morgan fingerprint density at radius 3 is 2.50 bits per heavy atom. The molecule has 1 aromatic carbocycles. The van der Waals surface area contributed by atoms with E-state index in [1.54, 1.807) is 12.1 Å². The third-order valence-corrected chi connectivity index (χ3v) is 2.99. The summed E-state index contributed by atoms with van der Waals surface area (Å²) in [6, 6.07) is 5.66. The second kappa shape index (κ2) is 4.09. The maximum Gasteiger partial charge on any atom is 0.416 e. The molecule has 0 aliphatic carbocycles. The summed E-state index contributed by atoms with van der Waals surface area (Å²) < 4.78 is 38.3. The summed E-state index contributed by atoms with van der Waals surface area (Å²) in [5, 5.41) is 3.14. The molecule has 0 bridgehead atoms. The molecule has 0 unspecified atom stereocenters. The van der Waals surface area contributed by atoms with Gasteiger partial charge in [-0.1, -0.05) is 25.1 Å². The highest BCUT2D eigenvalue weighted by molar-refractivity contribution is 5.33. The highest BCUT2D eigenvalue weighted by Crippen LogP contribution is 2.37. The molecule has 1 aliphatic rings. The van der Waals surface area contributed by atoms with E-state index in [0.717, 1.165) is 19.0 Å². The van der Waals surface area contributed by atoms with Crippen molar-refractivity contribution in [2.75, 3.05) is 6.54 Å². The van der Waals surface area contributed by atoms with E-state index in [4.69, 9.17) is 0 Å². The molecule has 0 aromatic heterocycles. The maximum absolute atomic E-state index is 12.8. The Hall–Kier alpha value is -1.03. The van der Waals surface area contributed by atoms with Crippen molar-refractivity contribution in [1.82, 2.24) is 5.32 Å². The van der Waals surface area contributed by atoms with Crippen molar-refractivity contribution in [2.24, 2.45) is 5.92 Å². The van der Waals surface area contributed by atoms with Crippen molar-refractivity contribution < 1.29 is 13.2 Å². The first kappa shape index (κ1) is 11.5. The summed E-state index contributed by atoms with van der Waals surface area (Å²) in [5.74, 6) is 0.436. The summed E-state index contributed by atoms with van der Waals surface area (Å²) in [6.45, 7) is 2.83. The van der Waals surface area contributed by atoms with E-state index in [1.807, 2.05) is 6.92 Å². The van der Waals surface area contributed by atoms with E-state index in [9.17, 15) is 13.2 Å². The molecule has 0 radical (unpaired) electrons. The molecule has 1 aromatic rings. The summed E-state index contributed by atoms with van der Waals surface area (Å²) >= 11 is 0. The van der Waals surface area contributed by atoms with E-state index in [0.29, 0.717) is 11.5 Å². The van der Waals surface area contributed by atoms with Crippen LogP contribution in [-0.4, -0.2) is 6.54 Å². The van der Waals surface area contributed by atoms with Crippen LogP contribution in [0.3, 0.4) is 0 Å². The Bertz CT molecular complexity index is 373. The third kappa shape index (κ3) is 2.21. The van der Waals surface area contributed by atoms with E-state index < -0.39 is 11.7 Å². The van der Waals surface area contributed by atoms with Crippen LogP contribution in [0.15, 0.2) is 24.3 Å². The van der Waals surface area contributed by atoms with Gasteiger partial charge >= 0.3 is 6.18 Å². The number of benzene rings is 1. The van der Waals surface area contributed by atoms with Crippen LogP contribution in [-0.2, 0) is 6.18 Å². The average molecular weight is 229 g/mol. The van der Waals surface area contributed by atoms with Crippen LogP contribution in [0, 0.1) is 5.92 Å². The number of alkyl halides is 3. The van der Waals surface area contributed by atoms with Crippen molar-refractivity contribution in [3.05, 3.63) is 35.4 Å². The molecule has 16 heavy (non-hydrogen) atoms. The quantitative estimate of drug-likeness (QED) is 0.778. The second-order valence-electron chi connectivity index (χ2n) is 4.39. The lowest BCUT2D eigenvalue weighted by molar-refractivity contribution is -0.138. The van der Waals surface area contributed by atoms with Gasteiger partial charge in [-0.05, 0) is 30.5 Å². The topological polar surface area (TPSA) is 12.0 Å². The molecule has 88 valence electrons. The fraction of sp³-hybridized carbons (Fsp3) is 0.500. The van der Waals surface area contributed by atoms with Gasteiger partial charge in [0.25, 0.3) is 0 Å². The van der Waals surface area contributed by atoms with Crippen LogP contribution >= 0.6 is 0 Å². The van der Waals surface area contributed by atoms with Gasteiger partial charge in [-0.25, -0.2) is 0 Å². The van der Waals surface area contributed by atoms with Gasteiger partial charge in [0, 0.05) is 6.04 Å². The van der Waals surface area contributed by atoms with Crippen molar-refractivity contribution >= 4 is 0 Å². The molecule has 1 N–H and O–H groups in total. The predicted octanol–water partition coefficient (Wildman–Crippen LogP) is 3.38. The molecule has 4 heteroatoms. The van der Waals surface area contributed by atoms with Crippen LogP contribution in [0.4, 0.5) is 13.2 Å². The monoisotopic (exact) mass is 229 g/mol. The minimum Gasteiger partial charge on any atom is -0.310 e. The molecule has 1 heterocycles. The summed E-state index contributed by atoms with van der Waals surface area (Å²) in [4.78, 5) is 0. The average Bonchev–Trinajstić information content (AvgIpc) is 2.64. The molecule has 2 atom stereocenters. The number of halogens is 3. The minimum atomic E-state index is -4.26. The van der Waals surface area contributed by atoms with Crippen molar-refractivity contribution in [3.63, 3.8) is 0 Å². The molecule has 0 spiro atoms. The highest BCUT2D eigenvalue weighted by atomic mass is 19.4. The number of nitrogens with one attached hydrogen (secondary N) is 1. The first-order chi connectivity index (χ1) is 7.48. The van der Waals surface area contributed by atoms with Crippen molar-refractivity contribution in [3.8, 4) is 0 Å². The van der Waals surface area contributed by atoms with E-state index in [1.165, 1.54) is 6.07 Å². The zero-order valence-electron chi connectivity index (χ0n) is 9.01. The van der Waals surface area contributed by atoms with Crippen LogP contribution < -0.4 is 5.32 Å². The maximum atomic E-state index is 12.8. The Kier molecular flexibility index (Phi) is 2.93. The SMILES string of the molecule is C[C@H]1CN[C@H](c2ccccc2C(F)(F)F)C1. The molecular formula is C12H14F3N. The largest absolute Gasteiger partial charge is 0.416 e. The molecule has 1 aliphatic heterocycles. The fourth-order valence-corrected chi connectivity index (χ4v) is 2.21. The first-order valence-electron chi connectivity index (χ1n) is 5.38. The smallest absolute Gasteiger partial charge is 0.310 e. The zero-order valence-corrected chi connectivity index (χ0v) is 9.01. The third-order valence-electron chi connectivity index (χ3n) is 2.99. The van der Waals surface area contributed by atoms with Crippen LogP contribution in [0.2, 0.25) is 0 Å². The van der Waals surface area contributed by atoms with Crippen LogP contribution in [0.25, 0.3) is 0 Å². The lowest BCUT2D eigenvalue weighted by atomic mass is 9.96. The lowest BCUT2D eigenvalue weighted by Crippen LogP contribution is -2.18. The van der Waals surface area contributed by atoms with Crippen molar-refractivity contribution in [1.29, 1.82) is 0 Å². The predicted molar refractivity (Wildman–Crippen MR) is 56.0 cm³/mol. The molecule has 2 rings (SSSR count). The molecule has 0 saturated carbocycles. The van der Waals surface area contributed by atoms with E-state index in [-0.39, 0.29) is 6.04 Å². The first-order valence-corrected chi connectivity index (χ1v) is 5.38. The van der Waals surface area contributed by atoms with Gasteiger partial charge in [0.2, 0.25) is 0 Å². The van der Waals surface area contributed by atoms with Crippen LogP contribution in [0.5, 0.6) is 0 Å². The molecule has 1 nitrogen and oxygen atoms in total. The Balaban J connectivity index is 2.34. The van der Waals surface area contributed by atoms with E-state index >= 15 is 0 Å². The second-order valence-corrected chi connectivity index (χ2v) is 4.39. The Morgan fingerprint density at radius 1 is 1.25 bits per heavy atom. The minimum absolute atomic E-state index is 0.159. The zero-order chi connectivity index (χ0) is 11.8. The van der Waals surface area contributed by atoms with Gasteiger partial charge in [-0.15, -0.1) is 0 Å². The van der Waals surface area contributed by atoms with Gasteiger partial charge in [0.1, 0.15) is 0 Å². The summed E-state index contributed by atoms with van der Waals surface area (Å²) in [5.41, 5.74) is -0.138. The number of hydrogen-bond donors (Lipinski definition) is 1. The highest BCUT2D eigenvalue weighted by Gasteiger charge is 2.36. The fourth-order valence-electron chi connectivity index (χ4n) is 2.21. The normalized spacial score (nSPS) is 26.0. The van der Waals surface area contributed by atoms with Crippen LogP contribution in [0.1, 0.15) is 30.5 Å². The lowest BCUT2D eigenvalue weighted by Gasteiger charge is -2.17. The summed E-state index contributed by atoms with van der Waals surface area (Å²) in [6.07, 6.45) is -3.49. The van der Waals surface area contributed by atoms with Crippen molar-refractivity contribution in [2.45, 2.75) is 25.6 Å². The van der Waals surface area contributed by atoms with Gasteiger partial charge in [0.05, 0.1) is 5.56 Å². The Morgan fingerprint density at radius 2 is 1.94 bits per heavy atom. The number of rotatable bonds is 1.